The van der Waals surface area contributed by atoms with E-state index < -0.39 is 14.8 Å². The van der Waals surface area contributed by atoms with Gasteiger partial charge < -0.3 is 4.90 Å². The van der Waals surface area contributed by atoms with Gasteiger partial charge in [-0.25, -0.2) is 8.42 Å². The van der Waals surface area contributed by atoms with Crippen LogP contribution in [0, 0.1) is 10.1 Å². The molecular formula is C18H20N2O4S. The molecule has 1 heterocycles. The van der Waals surface area contributed by atoms with Crippen molar-refractivity contribution < 1.29 is 13.3 Å². The zero-order valence-corrected chi connectivity index (χ0v) is 14.9. The Morgan fingerprint density at radius 1 is 1.12 bits per heavy atom. The molecule has 1 fully saturated rings. The van der Waals surface area contributed by atoms with Crippen molar-refractivity contribution in [3.63, 3.8) is 0 Å². The van der Waals surface area contributed by atoms with Crippen molar-refractivity contribution in [2.24, 2.45) is 0 Å². The van der Waals surface area contributed by atoms with Gasteiger partial charge >= 0.3 is 5.69 Å². The molecule has 0 amide bonds. The number of benzene rings is 2. The third kappa shape index (κ3) is 3.37. The molecule has 1 aliphatic rings. The van der Waals surface area contributed by atoms with Crippen LogP contribution in [0.5, 0.6) is 0 Å². The lowest BCUT2D eigenvalue weighted by Gasteiger charge is -2.24. The zero-order valence-electron chi connectivity index (χ0n) is 14.1. The van der Waals surface area contributed by atoms with E-state index in [9.17, 15) is 18.5 Å². The van der Waals surface area contributed by atoms with E-state index in [1.165, 1.54) is 11.6 Å². The van der Waals surface area contributed by atoms with Crippen LogP contribution in [-0.4, -0.2) is 32.2 Å². The van der Waals surface area contributed by atoms with E-state index in [-0.39, 0.29) is 22.5 Å². The number of hydrogen-bond donors (Lipinski definition) is 0. The summed E-state index contributed by atoms with van der Waals surface area (Å²) in [7, 11) is -3.68. The molecule has 1 aliphatic heterocycles. The minimum atomic E-state index is -3.68. The van der Waals surface area contributed by atoms with Gasteiger partial charge in [-0.15, -0.1) is 0 Å². The summed E-state index contributed by atoms with van der Waals surface area (Å²) in [4.78, 5) is 12.7. The molecule has 3 rings (SSSR count). The Balaban J connectivity index is 2.04. The third-order valence-electron chi connectivity index (χ3n) is 4.71. The first-order valence-corrected chi connectivity index (χ1v) is 9.97. The molecule has 0 spiro atoms. The van der Waals surface area contributed by atoms with Crippen LogP contribution in [0.4, 0.5) is 11.4 Å². The second-order valence-electron chi connectivity index (χ2n) is 6.50. The molecule has 25 heavy (non-hydrogen) atoms. The smallest absolute Gasteiger partial charge is 0.311 e. The number of rotatable bonds is 4. The molecule has 0 N–H and O–H groups in total. The van der Waals surface area contributed by atoms with Crippen molar-refractivity contribution in [1.82, 2.24) is 0 Å². The normalized spacial score (nSPS) is 20.6. The largest absolute Gasteiger partial charge is 0.363 e. The van der Waals surface area contributed by atoms with Crippen molar-refractivity contribution in [1.29, 1.82) is 0 Å². The lowest BCUT2D eigenvalue weighted by Crippen LogP contribution is -2.27. The van der Waals surface area contributed by atoms with Gasteiger partial charge in [0.25, 0.3) is 0 Å². The first kappa shape index (κ1) is 17.4. The topological polar surface area (TPSA) is 80.5 Å². The Morgan fingerprint density at radius 2 is 1.80 bits per heavy atom. The van der Waals surface area contributed by atoms with Gasteiger partial charge in [0.05, 0.1) is 4.92 Å². The zero-order chi connectivity index (χ0) is 18.2. The highest BCUT2D eigenvalue weighted by Crippen LogP contribution is 2.41. The monoisotopic (exact) mass is 360 g/mol. The molecule has 6 nitrogen and oxygen atoms in total. The number of hydrogen-bond acceptors (Lipinski definition) is 5. The number of para-hydroxylation sites is 1. The molecular weight excluding hydrogens is 340 g/mol. The minimum Gasteiger partial charge on any atom is -0.363 e. The van der Waals surface area contributed by atoms with Gasteiger partial charge in [0.15, 0.2) is 9.84 Å². The lowest BCUT2D eigenvalue weighted by atomic mass is 9.97. The van der Waals surface area contributed by atoms with Gasteiger partial charge in [-0.05, 0) is 31.0 Å². The number of nitro benzene ring substituents is 1. The van der Waals surface area contributed by atoms with Crippen molar-refractivity contribution in [3.05, 3.63) is 64.2 Å². The molecule has 0 saturated carbocycles. The standard InChI is InChI=1S/C18H20N2O4S/c1-13-11-15(14-7-4-3-5-8-14)12-19(13)16-9-6-10-17(25(2,23)24)18(16)20(21)22/h3-10,13,15H,11-12H2,1-2H3. The van der Waals surface area contributed by atoms with Crippen LogP contribution in [0.1, 0.15) is 24.8 Å². The molecule has 0 bridgehead atoms. The average Bonchev–Trinajstić information content (AvgIpc) is 2.96. The Kier molecular flexibility index (Phi) is 4.51. The Hall–Kier alpha value is -2.41. The van der Waals surface area contributed by atoms with Gasteiger partial charge in [-0.1, -0.05) is 36.4 Å². The quantitative estimate of drug-likeness (QED) is 0.617. The molecule has 0 aliphatic carbocycles. The van der Waals surface area contributed by atoms with Crippen molar-refractivity contribution in [2.45, 2.75) is 30.2 Å². The summed E-state index contributed by atoms with van der Waals surface area (Å²) in [5.41, 5.74) is 1.24. The van der Waals surface area contributed by atoms with E-state index in [2.05, 4.69) is 12.1 Å². The lowest BCUT2D eigenvalue weighted by molar-refractivity contribution is -0.387. The van der Waals surface area contributed by atoms with Crippen LogP contribution in [0.3, 0.4) is 0 Å². The van der Waals surface area contributed by atoms with E-state index in [1.54, 1.807) is 12.1 Å². The maximum Gasteiger partial charge on any atom is 0.311 e. The maximum absolute atomic E-state index is 12.0. The van der Waals surface area contributed by atoms with E-state index in [0.717, 1.165) is 12.7 Å². The van der Waals surface area contributed by atoms with Gasteiger partial charge in [0.2, 0.25) is 0 Å². The summed E-state index contributed by atoms with van der Waals surface area (Å²) >= 11 is 0. The van der Waals surface area contributed by atoms with Crippen molar-refractivity contribution in [3.8, 4) is 0 Å². The first-order chi connectivity index (χ1) is 11.8. The van der Waals surface area contributed by atoms with Crippen LogP contribution in [0.15, 0.2) is 53.4 Å². The van der Waals surface area contributed by atoms with E-state index >= 15 is 0 Å². The van der Waals surface area contributed by atoms with Crippen LogP contribution in [0.2, 0.25) is 0 Å². The number of anilines is 1. The van der Waals surface area contributed by atoms with Crippen molar-refractivity contribution in [2.75, 3.05) is 17.7 Å². The van der Waals surface area contributed by atoms with Gasteiger partial charge in [-0.2, -0.15) is 0 Å². The van der Waals surface area contributed by atoms with Crippen molar-refractivity contribution >= 4 is 21.2 Å². The van der Waals surface area contributed by atoms with Crippen LogP contribution < -0.4 is 4.90 Å². The summed E-state index contributed by atoms with van der Waals surface area (Å²) in [5, 5.41) is 11.6. The molecule has 0 radical (unpaired) electrons. The van der Waals surface area contributed by atoms with Gasteiger partial charge in [0, 0.05) is 24.8 Å². The Labute approximate surface area is 147 Å². The van der Waals surface area contributed by atoms with Gasteiger partial charge in [0.1, 0.15) is 10.6 Å². The SMILES string of the molecule is CC1CC(c2ccccc2)CN1c1cccc(S(C)(=O)=O)c1[N+](=O)[O-]. The van der Waals surface area contributed by atoms with E-state index in [1.807, 2.05) is 30.0 Å². The molecule has 2 aromatic rings. The van der Waals surface area contributed by atoms with Crippen LogP contribution >= 0.6 is 0 Å². The molecule has 2 aromatic carbocycles. The molecule has 0 aromatic heterocycles. The Morgan fingerprint density at radius 3 is 2.40 bits per heavy atom. The second kappa shape index (κ2) is 6.48. The van der Waals surface area contributed by atoms with Crippen LogP contribution in [-0.2, 0) is 9.84 Å². The first-order valence-electron chi connectivity index (χ1n) is 8.08. The average molecular weight is 360 g/mol. The van der Waals surface area contributed by atoms with Crippen LogP contribution in [0.25, 0.3) is 0 Å². The molecule has 132 valence electrons. The predicted octanol–water partition coefficient (Wildman–Crippen LogP) is 3.38. The van der Waals surface area contributed by atoms with E-state index in [4.69, 9.17) is 0 Å². The summed E-state index contributed by atoms with van der Waals surface area (Å²) in [6.45, 7) is 2.64. The fourth-order valence-electron chi connectivity index (χ4n) is 3.56. The van der Waals surface area contributed by atoms with Gasteiger partial charge in [-0.3, -0.25) is 10.1 Å². The third-order valence-corrected chi connectivity index (χ3v) is 5.84. The molecule has 7 heteroatoms. The molecule has 2 atom stereocenters. The molecule has 2 unspecified atom stereocenters. The molecule has 1 saturated heterocycles. The second-order valence-corrected chi connectivity index (χ2v) is 8.48. The summed E-state index contributed by atoms with van der Waals surface area (Å²) < 4.78 is 23.9. The van der Waals surface area contributed by atoms with E-state index in [0.29, 0.717) is 12.2 Å². The number of sulfone groups is 1. The summed E-state index contributed by atoms with van der Waals surface area (Å²) in [5.74, 6) is 0.262. The maximum atomic E-state index is 12.0. The summed E-state index contributed by atoms with van der Waals surface area (Å²) in [6, 6.07) is 14.6. The summed E-state index contributed by atoms with van der Waals surface area (Å²) in [6.07, 6.45) is 1.86. The fraction of sp³-hybridized carbons (Fsp3) is 0.333. The highest BCUT2D eigenvalue weighted by atomic mass is 32.2. The predicted molar refractivity (Wildman–Crippen MR) is 96.8 cm³/mol. The Bertz CT molecular complexity index is 897. The highest BCUT2D eigenvalue weighted by molar-refractivity contribution is 7.90. The highest BCUT2D eigenvalue weighted by Gasteiger charge is 2.36. The fourth-order valence-corrected chi connectivity index (χ4v) is 4.41. The number of nitrogens with zero attached hydrogens (tertiary/aromatic N) is 2. The minimum absolute atomic E-state index is 0.0821. The number of nitro groups is 1.